The molecule has 0 saturated carbocycles. The number of carbonyl (C=O) groups excluding carboxylic acids is 2. The molecule has 1 heterocycles. The predicted octanol–water partition coefficient (Wildman–Crippen LogP) is 3.41. The molecular weight excluding hydrogens is 423 g/mol. The van der Waals surface area contributed by atoms with Crippen LogP contribution in [-0.2, 0) is 21.8 Å². The number of Topliss-reactive ketones (excluding diaryl/α,β-unsaturated/α-hetero) is 1. The minimum absolute atomic E-state index is 0.123. The predicted molar refractivity (Wildman–Crippen MR) is 115 cm³/mol. The highest BCUT2D eigenvalue weighted by atomic mass is 32.2. The number of rotatable bonds is 9. The van der Waals surface area contributed by atoms with Crippen molar-refractivity contribution < 1.29 is 27.1 Å². The van der Waals surface area contributed by atoms with Crippen LogP contribution in [0.3, 0.4) is 0 Å². The third kappa shape index (κ3) is 4.62. The highest BCUT2D eigenvalue weighted by molar-refractivity contribution is 7.89. The van der Waals surface area contributed by atoms with Crippen LogP contribution in [0.4, 0.5) is 4.39 Å². The van der Waals surface area contributed by atoms with Crippen LogP contribution in [0, 0.1) is 19.7 Å². The first-order valence-corrected chi connectivity index (χ1v) is 11.2. The van der Waals surface area contributed by atoms with Crippen LogP contribution in [0.25, 0.3) is 0 Å². The van der Waals surface area contributed by atoms with Gasteiger partial charge < -0.3 is 9.30 Å². The Morgan fingerprint density at radius 3 is 2.35 bits per heavy atom. The Bertz CT molecular complexity index is 1100. The second kappa shape index (κ2) is 9.57. The maximum atomic E-state index is 13.4. The summed E-state index contributed by atoms with van der Waals surface area (Å²) in [6, 6.07) is 3.29. The molecule has 0 aliphatic rings. The summed E-state index contributed by atoms with van der Waals surface area (Å²) in [7, 11) is -2.46. The van der Waals surface area contributed by atoms with Gasteiger partial charge in [0, 0.05) is 24.8 Å². The van der Waals surface area contributed by atoms with Gasteiger partial charge in [-0.1, -0.05) is 6.08 Å². The number of halogens is 1. The van der Waals surface area contributed by atoms with Gasteiger partial charge >= 0.3 is 5.97 Å². The lowest BCUT2D eigenvalue weighted by atomic mass is 10.0. The van der Waals surface area contributed by atoms with Crippen LogP contribution < -0.4 is 0 Å². The summed E-state index contributed by atoms with van der Waals surface area (Å²) in [5, 5.41) is 0. The van der Waals surface area contributed by atoms with E-state index < -0.39 is 33.6 Å². The zero-order valence-electron chi connectivity index (χ0n) is 18.3. The van der Waals surface area contributed by atoms with E-state index in [9.17, 15) is 22.4 Å². The molecule has 2 rings (SSSR count). The highest BCUT2D eigenvalue weighted by Crippen LogP contribution is 2.27. The van der Waals surface area contributed by atoms with E-state index in [2.05, 4.69) is 6.58 Å². The second-order valence-corrected chi connectivity index (χ2v) is 8.96. The average molecular weight is 451 g/mol. The van der Waals surface area contributed by atoms with Crippen LogP contribution in [0.15, 0.2) is 41.8 Å². The van der Waals surface area contributed by atoms with Gasteiger partial charge in [-0.25, -0.2) is 17.6 Å². The van der Waals surface area contributed by atoms with E-state index >= 15 is 0 Å². The second-order valence-electron chi connectivity index (χ2n) is 7.07. The van der Waals surface area contributed by atoms with Gasteiger partial charge in [0.1, 0.15) is 11.5 Å². The topological polar surface area (TPSA) is 85.7 Å². The van der Waals surface area contributed by atoms with Crippen molar-refractivity contribution in [2.75, 3.05) is 13.2 Å². The van der Waals surface area contributed by atoms with E-state index in [1.165, 1.54) is 13.0 Å². The van der Waals surface area contributed by atoms with Gasteiger partial charge in [-0.15, -0.1) is 6.58 Å². The van der Waals surface area contributed by atoms with Gasteiger partial charge in [-0.3, -0.25) is 4.79 Å². The summed E-state index contributed by atoms with van der Waals surface area (Å²) in [5.41, 5.74) is 1.45. The lowest BCUT2D eigenvalue weighted by Gasteiger charge is -2.26. The zero-order chi connectivity index (χ0) is 23.5. The highest BCUT2D eigenvalue weighted by Gasteiger charge is 2.35. The molecule has 1 aromatic heterocycles. The molecule has 0 amide bonds. The number of hydrogen-bond acceptors (Lipinski definition) is 5. The molecule has 0 fully saturated rings. The van der Waals surface area contributed by atoms with Crippen molar-refractivity contribution in [1.29, 1.82) is 0 Å². The molecule has 168 valence electrons. The molecule has 2 aromatic rings. The van der Waals surface area contributed by atoms with E-state index in [4.69, 9.17) is 4.74 Å². The van der Waals surface area contributed by atoms with E-state index in [-0.39, 0.29) is 29.3 Å². The molecule has 1 unspecified atom stereocenters. The van der Waals surface area contributed by atoms with Crippen LogP contribution >= 0.6 is 0 Å². The Hall–Kier alpha value is -2.78. The summed E-state index contributed by atoms with van der Waals surface area (Å²) >= 11 is 0. The Morgan fingerprint density at radius 2 is 1.84 bits per heavy atom. The van der Waals surface area contributed by atoms with Crippen molar-refractivity contribution in [2.45, 2.75) is 38.6 Å². The summed E-state index contributed by atoms with van der Waals surface area (Å²) in [5.74, 6) is -1.59. The lowest BCUT2D eigenvalue weighted by Crippen LogP contribution is -2.43. The van der Waals surface area contributed by atoms with Gasteiger partial charge in [-0.05, 0) is 57.5 Å². The Balaban J connectivity index is 2.53. The van der Waals surface area contributed by atoms with Crippen LogP contribution in [0.1, 0.15) is 46.0 Å². The maximum absolute atomic E-state index is 13.4. The quantitative estimate of drug-likeness (QED) is 0.332. The smallest absolute Gasteiger partial charge is 0.355 e. The van der Waals surface area contributed by atoms with Gasteiger partial charge in [0.15, 0.2) is 5.78 Å². The average Bonchev–Trinajstić information content (AvgIpc) is 2.94. The van der Waals surface area contributed by atoms with Crippen molar-refractivity contribution >= 4 is 21.8 Å². The maximum Gasteiger partial charge on any atom is 0.355 e. The number of ether oxygens (including phenoxy) is 1. The monoisotopic (exact) mass is 450 g/mol. The number of benzene rings is 1. The van der Waals surface area contributed by atoms with E-state index in [0.717, 1.165) is 28.6 Å². The summed E-state index contributed by atoms with van der Waals surface area (Å²) in [6.07, 6.45) is 1.37. The fourth-order valence-corrected chi connectivity index (χ4v) is 5.07. The molecule has 7 nitrogen and oxygen atoms in total. The number of aromatic nitrogens is 1. The third-order valence-corrected chi connectivity index (χ3v) is 7.14. The first kappa shape index (κ1) is 24.5. The fraction of sp³-hybridized carbons (Fsp3) is 0.364. The third-order valence-electron chi connectivity index (χ3n) is 5.19. The normalized spacial score (nSPS) is 12.6. The van der Waals surface area contributed by atoms with Crippen molar-refractivity contribution in [1.82, 2.24) is 8.87 Å². The minimum atomic E-state index is -4.11. The number of hydrogen-bond donors (Lipinski definition) is 0. The fourth-order valence-electron chi connectivity index (χ4n) is 3.50. The number of ketones is 1. The molecule has 0 aliphatic heterocycles. The standard InChI is InChI=1S/C22H27FN2O5S/c1-7-13-25(31(28,29)18-11-9-17(23)10-12-18)16(5)21(26)19-14(3)20(22(27)30-8-2)24(6)15(19)4/h7,9-12,16H,1,8,13H2,2-6H3. The lowest BCUT2D eigenvalue weighted by molar-refractivity contribution is 0.0514. The largest absolute Gasteiger partial charge is 0.461 e. The molecule has 0 N–H and O–H groups in total. The number of nitrogens with zero attached hydrogens (tertiary/aromatic N) is 2. The summed E-state index contributed by atoms with van der Waals surface area (Å²) in [4.78, 5) is 25.6. The van der Waals surface area contributed by atoms with Crippen molar-refractivity contribution in [3.63, 3.8) is 0 Å². The molecule has 0 saturated heterocycles. The number of sulfonamides is 1. The van der Waals surface area contributed by atoms with Crippen LogP contribution in [0.5, 0.6) is 0 Å². The Morgan fingerprint density at radius 1 is 1.26 bits per heavy atom. The van der Waals surface area contributed by atoms with Crippen LogP contribution in [-0.4, -0.2) is 48.2 Å². The Kier molecular flexibility index (Phi) is 7.56. The number of carbonyl (C=O) groups is 2. The molecule has 1 aromatic carbocycles. The van der Waals surface area contributed by atoms with Gasteiger partial charge in [0.25, 0.3) is 0 Å². The molecule has 0 radical (unpaired) electrons. The molecule has 0 bridgehead atoms. The van der Waals surface area contributed by atoms with E-state index in [1.807, 2.05) is 0 Å². The van der Waals surface area contributed by atoms with Crippen molar-refractivity contribution in [2.24, 2.45) is 7.05 Å². The van der Waals surface area contributed by atoms with Crippen LogP contribution in [0.2, 0.25) is 0 Å². The Labute approximate surface area is 182 Å². The number of esters is 1. The molecule has 9 heteroatoms. The molecule has 31 heavy (non-hydrogen) atoms. The molecule has 0 spiro atoms. The first-order chi connectivity index (χ1) is 14.5. The van der Waals surface area contributed by atoms with Crippen molar-refractivity contribution in [3.05, 3.63) is 65.3 Å². The molecule has 1 atom stereocenters. The van der Waals surface area contributed by atoms with Gasteiger partial charge in [0.2, 0.25) is 10.0 Å². The summed E-state index contributed by atoms with van der Waals surface area (Å²) in [6.45, 7) is 10.1. The van der Waals surface area contributed by atoms with Crippen molar-refractivity contribution in [3.8, 4) is 0 Å². The van der Waals surface area contributed by atoms with Gasteiger partial charge in [0.05, 0.1) is 17.5 Å². The molecule has 0 aliphatic carbocycles. The van der Waals surface area contributed by atoms with Gasteiger partial charge in [-0.2, -0.15) is 4.31 Å². The first-order valence-electron chi connectivity index (χ1n) is 9.74. The minimum Gasteiger partial charge on any atom is -0.461 e. The zero-order valence-corrected chi connectivity index (χ0v) is 19.1. The summed E-state index contributed by atoms with van der Waals surface area (Å²) < 4.78 is 47.3. The SMILES string of the molecule is C=CCN(C(C)C(=O)c1c(C)c(C(=O)OCC)n(C)c1C)S(=O)(=O)c1ccc(F)cc1. The van der Waals surface area contributed by atoms with E-state index in [1.54, 1.807) is 32.4 Å². The molecular formula is C22H27FN2O5S. The van der Waals surface area contributed by atoms with E-state index in [0.29, 0.717) is 11.3 Å².